The molecule has 0 aliphatic heterocycles. The van der Waals surface area contributed by atoms with Gasteiger partial charge in [-0.1, -0.05) is 36.4 Å². The molecule has 2 amide bonds. The number of carbonyl (C=O) groups excluding carboxylic acids is 1. The molecule has 2 N–H and O–H groups in total. The molecule has 1 heterocycles. The van der Waals surface area contributed by atoms with Gasteiger partial charge in [-0.05, 0) is 53.9 Å². The van der Waals surface area contributed by atoms with Gasteiger partial charge in [-0.2, -0.15) is 18.4 Å². The minimum Gasteiger partial charge on any atom is -0.361 e. The van der Waals surface area contributed by atoms with Gasteiger partial charge < -0.3 is 15.2 Å². The summed E-state index contributed by atoms with van der Waals surface area (Å²) in [5, 5.41) is 12.9. The largest absolute Gasteiger partial charge is 0.416 e. The highest BCUT2D eigenvalue weighted by Gasteiger charge is 2.30. The summed E-state index contributed by atoms with van der Waals surface area (Å²) in [6, 6.07) is 20.8. The Balaban J connectivity index is 1.54. The summed E-state index contributed by atoms with van der Waals surface area (Å²) in [4.78, 5) is 17.9. The minimum absolute atomic E-state index is 0.129. The van der Waals surface area contributed by atoms with E-state index in [2.05, 4.69) is 10.3 Å². The van der Waals surface area contributed by atoms with Crippen molar-refractivity contribution >= 4 is 22.6 Å². The van der Waals surface area contributed by atoms with E-state index >= 15 is 0 Å². The zero-order valence-electron chi connectivity index (χ0n) is 18.1. The number of hydrogen-bond acceptors (Lipinski definition) is 2. The average Bonchev–Trinajstić information content (AvgIpc) is 3.24. The molecule has 8 heteroatoms. The first-order valence-corrected chi connectivity index (χ1v) is 10.6. The van der Waals surface area contributed by atoms with Crippen LogP contribution in [0.4, 0.5) is 23.7 Å². The number of anilines is 1. The number of benzene rings is 3. The van der Waals surface area contributed by atoms with Gasteiger partial charge in [0.2, 0.25) is 0 Å². The molecule has 0 fully saturated rings. The molecule has 4 aromatic rings. The molecule has 0 radical (unpaired) electrons. The van der Waals surface area contributed by atoms with Crippen LogP contribution in [0.5, 0.6) is 0 Å². The van der Waals surface area contributed by atoms with Crippen molar-refractivity contribution in [3.63, 3.8) is 0 Å². The lowest BCUT2D eigenvalue weighted by molar-refractivity contribution is -0.137. The second-order valence-electron chi connectivity index (χ2n) is 7.85. The van der Waals surface area contributed by atoms with Crippen molar-refractivity contribution in [1.29, 1.82) is 5.26 Å². The van der Waals surface area contributed by atoms with E-state index in [-0.39, 0.29) is 6.54 Å². The zero-order valence-corrected chi connectivity index (χ0v) is 18.1. The van der Waals surface area contributed by atoms with E-state index in [9.17, 15) is 18.0 Å². The zero-order chi connectivity index (χ0) is 24.1. The standard InChI is InChI=1S/C26H21F3N4O/c27-26(28,29)21-10-8-18(9-11-21)17-33(25(34)32-22-5-3-4-19(14-22)15-30)13-12-20-16-31-24-7-2-1-6-23(20)24/h1-11,14,16,31H,12-13,17H2,(H,32,34). The number of aromatic nitrogens is 1. The molecule has 0 atom stereocenters. The van der Waals surface area contributed by atoms with Crippen molar-refractivity contribution in [1.82, 2.24) is 9.88 Å². The number of nitriles is 1. The quantitative estimate of drug-likeness (QED) is 0.351. The van der Waals surface area contributed by atoms with Crippen LogP contribution in [0.15, 0.2) is 79.0 Å². The summed E-state index contributed by atoms with van der Waals surface area (Å²) in [6.07, 6.45) is -1.97. The van der Waals surface area contributed by atoms with E-state index in [0.717, 1.165) is 28.6 Å². The van der Waals surface area contributed by atoms with E-state index in [1.165, 1.54) is 12.1 Å². The first-order chi connectivity index (χ1) is 16.3. The van der Waals surface area contributed by atoms with Gasteiger partial charge in [-0.3, -0.25) is 0 Å². The molecule has 4 rings (SSSR count). The Morgan fingerprint density at radius 3 is 2.53 bits per heavy atom. The van der Waals surface area contributed by atoms with Crippen LogP contribution in [0.3, 0.4) is 0 Å². The number of nitrogens with zero attached hydrogens (tertiary/aromatic N) is 2. The molecule has 172 valence electrons. The van der Waals surface area contributed by atoms with Crippen LogP contribution in [-0.2, 0) is 19.1 Å². The topological polar surface area (TPSA) is 71.9 Å². The average molecular weight is 462 g/mol. The van der Waals surface area contributed by atoms with Crippen molar-refractivity contribution in [2.75, 3.05) is 11.9 Å². The number of carbonyl (C=O) groups is 1. The predicted octanol–water partition coefficient (Wildman–Crippen LogP) is 6.34. The molecule has 0 bridgehead atoms. The number of H-pyrrole nitrogens is 1. The third-order valence-corrected chi connectivity index (χ3v) is 5.51. The molecule has 0 aliphatic rings. The van der Waals surface area contributed by atoms with Gasteiger partial charge in [-0.15, -0.1) is 0 Å². The maximum absolute atomic E-state index is 13.1. The van der Waals surface area contributed by atoms with E-state index in [4.69, 9.17) is 5.26 Å². The van der Waals surface area contributed by atoms with Gasteiger partial charge in [0.15, 0.2) is 0 Å². The van der Waals surface area contributed by atoms with E-state index in [1.54, 1.807) is 29.2 Å². The first-order valence-electron chi connectivity index (χ1n) is 10.6. The van der Waals surface area contributed by atoms with Crippen LogP contribution in [0.25, 0.3) is 10.9 Å². The summed E-state index contributed by atoms with van der Waals surface area (Å²) in [7, 11) is 0. The molecule has 3 aromatic carbocycles. The number of nitrogens with one attached hydrogen (secondary N) is 2. The van der Waals surface area contributed by atoms with E-state index in [0.29, 0.717) is 29.8 Å². The molecule has 0 aliphatic carbocycles. The number of aromatic amines is 1. The van der Waals surface area contributed by atoms with Crippen molar-refractivity contribution in [2.45, 2.75) is 19.1 Å². The smallest absolute Gasteiger partial charge is 0.361 e. The summed E-state index contributed by atoms with van der Waals surface area (Å²) in [6.45, 7) is 0.469. The lowest BCUT2D eigenvalue weighted by atomic mass is 10.1. The lowest BCUT2D eigenvalue weighted by Crippen LogP contribution is -2.36. The number of halogens is 3. The van der Waals surface area contributed by atoms with Crippen LogP contribution < -0.4 is 5.32 Å². The van der Waals surface area contributed by atoms with Gasteiger partial charge in [0, 0.05) is 35.9 Å². The van der Waals surface area contributed by atoms with Gasteiger partial charge in [0.25, 0.3) is 0 Å². The Hall–Kier alpha value is -4.25. The third-order valence-electron chi connectivity index (χ3n) is 5.51. The molecule has 0 spiro atoms. The second kappa shape index (κ2) is 9.71. The van der Waals surface area contributed by atoms with E-state index < -0.39 is 17.8 Å². The summed E-state index contributed by atoms with van der Waals surface area (Å²) >= 11 is 0. The van der Waals surface area contributed by atoms with Crippen molar-refractivity contribution in [2.24, 2.45) is 0 Å². The second-order valence-corrected chi connectivity index (χ2v) is 7.85. The van der Waals surface area contributed by atoms with Crippen LogP contribution in [0, 0.1) is 11.3 Å². The number of alkyl halides is 3. The fraction of sp³-hybridized carbons (Fsp3) is 0.154. The highest BCUT2D eigenvalue weighted by atomic mass is 19.4. The molecular weight excluding hydrogens is 441 g/mol. The molecule has 0 saturated carbocycles. The predicted molar refractivity (Wildman–Crippen MR) is 124 cm³/mol. The van der Waals surface area contributed by atoms with E-state index in [1.807, 2.05) is 36.5 Å². The van der Waals surface area contributed by atoms with Gasteiger partial charge in [0.05, 0.1) is 17.2 Å². The lowest BCUT2D eigenvalue weighted by Gasteiger charge is -2.23. The number of hydrogen-bond donors (Lipinski definition) is 2. The van der Waals surface area contributed by atoms with Gasteiger partial charge in [0.1, 0.15) is 0 Å². The molecule has 34 heavy (non-hydrogen) atoms. The van der Waals surface area contributed by atoms with Crippen LogP contribution in [-0.4, -0.2) is 22.5 Å². The number of amides is 2. The third kappa shape index (κ3) is 5.38. The van der Waals surface area contributed by atoms with Crippen molar-refractivity contribution in [3.8, 4) is 6.07 Å². The normalized spacial score (nSPS) is 11.2. The monoisotopic (exact) mass is 462 g/mol. The Labute approximate surface area is 194 Å². The molecule has 0 unspecified atom stereocenters. The fourth-order valence-electron chi connectivity index (χ4n) is 3.73. The highest BCUT2D eigenvalue weighted by Crippen LogP contribution is 2.29. The molecule has 0 saturated heterocycles. The van der Waals surface area contributed by atoms with Crippen molar-refractivity contribution in [3.05, 3.63) is 101 Å². The molecular formula is C26H21F3N4O. The highest BCUT2D eigenvalue weighted by molar-refractivity contribution is 5.89. The summed E-state index contributed by atoms with van der Waals surface area (Å²) in [5.41, 5.74) is 2.74. The van der Waals surface area contributed by atoms with Crippen LogP contribution >= 0.6 is 0 Å². The number of para-hydroxylation sites is 1. The van der Waals surface area contributed by atoms with Crippen LogP contribution in [0.1, 0.15) is 22.3 Å². The Bertz CT molecular complexity index is 1340. The Kier molecular flexibility index (Phi) is 6.55. The number of fused-ring (bicyclic) bond motifs is 1. The maximum Gasteiger partial charge on any atom is 0.416 e. The SMILES string of the molecule is N#Cc1cccc(NC(=O)N(CCc2c[nH]c3ccccc23)Cc2ccc(C(F)(F)F)cc2)c1. The Morgan fingerprint density at radius 2 is 1.79 bits per heavy atom. The number of urea groups is 1. The molecule has 1 aromatic heterocycles. The van der Waals surface area contributed by atoms with Gasteiger partial charge in [-0.25, -0.2) is 4.79 Å². The summed E-state index contributed by atoms with van der Waals surface area (Å²) in [5.74, 6) is 0. The van der Waals surface area contributed by atoms with Crippen molar-refractivity contribution < 1.29 is 18.0 Å². The first kappa shape index (κ1) is 22.9. The van der Waals surface area contributed by atoms with Gasteiger partial charge >= 0.3 is 12.2 Å². The maximum atomic E-state index is 13.1. The fourth-order valence-corrected chi connectivity index (χ4v) is 3.73. The van der Waals surface area contributed by atoms with Crippen LogP contribution in [0.2, 0.25) is 0 Å². The number of rotatable bonds is 6. The minimum atomic E-state index is -4.42. The molecule has 5 nitrogen and oxygen atoms in total. The Morgan fingerprint density at radius 1 is 1.03 bits per heavy atom. The summed E-state index contributed by atoms with van der Waals surface area (Å²) < 4.78 is 38.8.